The Balaban J connectivity index is 1.41. The number of rotatable bonds is 7. The molecule has 1 aliphatic carbocycles. The lowest BCUT2D eigenvalue weighted by Gasteiger charge is -2.22. The van der Waals surface area contributed by atoms with Crippen molar-refractivity contribution in [2.75, 3.05) is 0 Å². The zero-order chi connectivity index (χ0) is 19.2. The molecular weight excluding hydrogens is 348 g/mol. The summed E-state index contributed by atoms with van der Waals surface area (Å²) >= 11 is 0. The van der Waals surface area contributed by atoms with Gasteiger partial charge in [0.25, 0.3) is 0 Å². The summed E-state index contributed by atoms with van der Waals surface area (Å²) in [6.45, 7) is 0.748. The molecule has 0 unspecified atom stereocenters. The van der Waals surface area contributed by atoms with Gasteiger partial charge in [0.1, 0.15) is 11.3 Å². The number of fused-ring (bicyclic) bond motifs is 1. The first kappa shape index (κ1) is 18.7. The third-order valence-electron chi connectivity index (χ3n) is 5.54. The van der Waals surface area contributed by atoms with Crippen molar-refractivity contribution in [2.45, 2.75) is 64.0 Å². The first-order valence-corrected chi connectivity index (χ1v) is 10.4. The van der Waals surface area contributed by atoms with Gasteiger partial charge >= 0.3 is 0 Å². The lowest BCUT2D eigenvalue weighted by atomic mass is 9.95. The van der Waals surface area contributed by atoms with E-state index in [1.807, 2.05) is 24.4 Å². The topological polar surface area (TPSA) is 59.8 Å². The number of carbonyl (C=O) groups is 1. The van der Waals surface area contributed by atoms with Gasteiger partial charge in [0.15, 0.2) is 5.65 Å². The zero-order valence-electron chi connectivity index (χ0n) is 16.3. The fourth-order valence-electron chi connectivity index (χ4n) is 4.08. The minimum atomic E-state index is 0.177. The minimum absolute atomic E-state index is 0.177. The van der Waals surface area contributed by atoms with Gasteiger partial charge in [0, 0.05) is 25.1 Å². The van der Waals surface area contributed by atoms with Gasteiger partial charge in [-0.25, -0.2) is 9.97 Å². The second-order valence-corrected chi connectivity index (χ2v) is 7.70. The molecule has 1 amide bonds. The largest absolute Gasteiger partial charge is 0.353 e. The Labute approximate surface area is 166 Å². The number of aromatic nitrogens is 3. The van der Waals surface area contributed by atoms with Crippen molar-refractivity contribution in [2.24, 2.45) is 0 Å². The van der Waals surface area contributed by atoms with Gasteiger partial charge in [0.2, 0.25) is 5.91 Å². The molecule has 0 saturated heterocycles. The molecule has 1 saturated carbocycles. The van der Waals surface area contributed by atoms with E-state index < -0.39 is 0 Å². The number of hydrogen-bond donors (Lipinski definition) is 1. The van der Waals surface area contributed by atoms with Gasteiger partial charge in [-0.3, -0.25) is 4.79 Å². The van der Waals surface area contributed by atoms with Crippen LogP contribution in [-0.4, -0.2) is 26.5 Å². The Morgan fingerprint density at radius 2 is 1.89 bits per heavy atom. The van der Waals surface area contributed by atoms with Crippen molar-refractivity contribution < 1.29 is 4.79 Å². The Hall–Kier alpha value is -2.69. The van der Waals surface area contributed by atoms with Crippen molar-refractivity contribution in [1.82, 2.24) is 19.9 Å². The first-order chi connectivity index (χ1) is 13.8. The molecule has 0 radical (unpaired) electrons. The quantitative estimate of drug-likeness (QED) is 0.670. The molecule has 0 spiro atoms. The lowest BCUT2D eigenvalue weighted by molar-refractivity contribution is -0.122. The van der Waals surface area contributed by atoms with Crippen LogP contribution in [0.2, 0.25) is 0 Å². The zero-order valence-corrected chi connectivity index (χ0v) is 16.3. The first-order valence-electron chi connectivity index (χ1n) is 10.4. The molecule has 2 aromatic heterocycles. The smallest absolute Gasteiger partial charge is 0.220 e. The van der Waals surface area contributed by atoms with Crippen LogP contribution < -0.4 is 5.32 Å². The lowest BCUT2D eigenvalue weighted by Crippen LogP contribution is -2.36. The van der Waals surface area contributed by atoms with Gasteiger partial charge in [-0.05, 0) is 37.0 Å². The maximum Gasteiger partial charge on any atom is 0.220 e. The van der Waals surface area contributed by atoms with Gasteiger partial charge in [-0.1, -0.05) is 49.6 Å². The number of imidazole rings is 1. The van der Waals surface area contributed by atoms with Gasteiger partial charge in [-0.15, -0.1) is 0 Å². The number of nitrogens with one attached hydrogen (secondary N) is 1. The minimum Gasteiger partial charge on any atom is -0.353 e. The van der Waals surface area contributed by atoms with Crippen LogP contribution in [-0.2, 0) is 17.8 Å². The second kappa shape index (κ2) is 9.00. The monoisotopic (exact) mass is 376 g/mol. The summed E-state index contributed by atoms with van der Waals surface area (Å²) in [7, 11) is 0. The highest BCUT2D eigenvalue weighted by Crippen LogP contribution is 2.19. The van der Waals surface area contributed by atoms with Gasteiger partial charge in [-0.2, -0.15) is 0 Å². The number of aryl methyl sites for hydroxylation is 1. The molecule has 1 aliphatic rings. The molecule has 1 aromatic carbocycles. The fourth-order valence-corrected chi connectivity index (χ4v) is 4.08. The Bertz CT molecular complexity index is 913. The predicted molar refractivity (Wildman–Crippen MR) is 111 cm³/mol. The summed E-state index contributed by atoms with van der Waals surface area (Å²) in [6.07, 6.45) is 9.98. The maximum atomic E-state index is 12.3. The molecule has 1 fully saturated rings. The van der Waals surface area contributed by atoms with E-state index in [0.717, 1.165) is 49.2 Å². The van der Waals surface area contributed by atoms with Crippen LogP contribution in [0.5, 0.6) is 0 Å². The van der Waals surface area contributed by atoms with Crippen LogP contribution in [0, 0.1) is 0 Å². The maximum absolute atomic E-state index is 12.3. The fraction of sp³-hybridized carbons (Fsp3) is 0.435. The summed E-state index contributed by atoms with van der Waals surface area (Å²) < 4.78 is 2.18. The predicted octanol–water partition coefficient (Wildman–Crippen LogP) is 4.25. The van der Waals surface area contributed by atoms with Gasteiger partial charge in [0.05, 0.1) is 6.54 Å². The Morgan fingerprint density at radius 3 is 2.71 bits per heavy atom. The van der Waals surface area contributed by atoms with E-state index in [1.54, 1.807) is 0 Å². The van der Waals surface area contributed by atoms with E-state index in [9.17, 15) is 4.79 Å². The summed E-state index contributed by atoms with van der Waals surface area (Å²) in [5, 5.41) is 3.21. The molecule has 3 aromatic rings. The second-order valence-electron chi connectivity index (χ2n) is 7.70. The van der Waals surface area contributed by atoms with Crippen LogP contribution in [0.25, 0.3) is 11.2 Å². The third-order valence-corrected chi connectivity index (χ3v) is 5.54. The van der Waals surface area contributed by atoms with E-state index in [-0.39, 0.29) is 5.91 Å². The van der Waals surface area contributed by atoms with Crippen LogP contribution in [0.1, 0.15) is 56.3 Å². The van der Waals surface area contributed by atoms with Crippen LogP contribution in [0.3, 0.4) is 0 Å². The summed E-state index contributed by atoms with van der Waals surface area (Å²) in [6, 6.07) is 14.7. The summed E-state index contributed by atoms with van der Waals surface area (Å²) in [4.78, 5) is 21.6. The molecular formula is C23H28N4O. The van der Waals surface area contributed by atoms with E-state index >= 15 is 0 Å². The molecule has 1 N–H and O–H groups in total. The van der Waals surface area contributed by atoms with E-state index in [1.165, 1.54) is 24.8 Å². The summed E-state index contributed by atoms with van der Waals surface area (Å²) in [5.41, 5.74) is 3.05. The molecule has 2 heterocycles. The highest BCUT2D eigenvalue weighted by Gasteiger charge is 2.16. The number of amides is 1. The molecule has 5 nitrogen and oxygen atoms in total. The molecule has 4 rings (SSSR count). The highest BCUT2D eigenvalue weighted by molar-refractivity contribution is 5.76. The SMILES string of the molecule is O=C(CCCc1nc2cccnc2n1Cc1ccccc1)NC1CCCCC1. The molecule has 0 atom stereocenters. The van der Waals surface area contributed by atoms with Crippen molar-refractivity contribution >= 4 is 17.1 Å². The number of nitrogens with zero attached hydrogens (tertiary/aromatic N) is 3. The number of pyridine rings is 1. The standard InChI is InChI=1S/C23H28N4O/c28-22(25-19-11-5-2-6-12-19)15-7-14-21-26-20-13-8-16-24-23(20)27(21)17-18-9-3-1-4-10-18/h1,3-4,8-10,13,16,19H,2,5-7,11-12,14-15,17H2,(H,25,28). The molecule has 28 heavy (non-hydrogen) atoms. The Morgan fingerprint density at radius 1 is 1.07 bits per heavy atom. The van der Waals surface area contributed by atoms with Crippen molar-refractivity contribution in [1.29, 1.82) is 0 Å². The third kappa shape index (κ3) is 4.58. The van der Waals surface area contributed by atoms with Crippen molar-refractivity contribution in [3.05, 3.63) is 60.0 Å². The summed E-state index contributed by atoms with van der Waals surface area (Å²) in [5.74, 6) is 1.18. The molecule has 0 bridgehead atoms. The van der Waals surface area contributed by atoms with Crippen molar-refractivity contribution in [3.63, 3.8) is 0 Å². The number of benzene rings is 1. The van der Waals surface area contributed by atoms with Crippen molar-refractivity contribution in [3.8, 4) is 0 Å². The highest BCUT2D eigenvalue weighted by atomic mass is 16.1. The van der Waals surface area contributed by atoms with E-state index in [4.69, 9.17) is 4.98 Å². The number of carbonyl (C=O) groups excluding carboxylic acids is 1. The van der Waals surface area contributed by atoms with Gasteiger partial charge < -0.3 is 9.88 Å². The Kier molecular flexibility index (Phi) is 6.00. The average Bonchev–Trinajstić information content (AvgIpc) is 3.07. The molecule has 5 heteroatoms. The van der Waals surface area contributed by atoms with E-state index in [2.05, 4.69) is 39.1 Å². The van der Waals surface area contributed by atoms with E-state index in [0.29, 0.717) is 12.5 Å². The van der Waals surface area contributed by atoms with Crippen LogP contribution in [0.4, 0.5) is 0 Å². The molecule has 146 valence electrons. The van der Waals surface area contributed by atoms with Crippen LogP contribution in [0.15, 0.2) is 48.7 Å². The molecule has 0 aliphatic heterocycles. The number of hydrogen-bond acceptors (Lipinski definition) is 3. The van der Waals surface area contributed by atoms with Crippen LogP contribution >= 0.6 is 0 Å². The average molecular weight is 377 g/mol. The normalized spacial score (nSPS) is 15.0.